The molecule has 1 rings (SSSR count). The molecule has 4 nitrogen and oxygen atoms in total. The fourth-order valence-electron chi connectivity index (χ4n) is 1.76. The molecule has 15 heavy (non-hydrogen) atoms. The van der Waals surface area contributed by atoms with E-state index in [9.17, 15) is 9.59 Å². The van der Waals surface area contributed by atoms with Crippen molar-refractivity contribution in [3.05, 3.63) is 0 Å². The Bertz CT molecular complexity index is 240. The van der Waals surface area contributed by atoms with Crippen molar-refractivity contribution in [2.45, 2.75) is 26.3 Å². The summed E-state index contributed by atoms with van der Waals surface area (Å²) in [6.45, 7) is 4.49. The van der Waals surface area contributed by atoms with E-state index >= 15 is 0 Å². The van der Waals surface area contributed by atoms with Gasteiger partial charge in [-0.1, -0.05) is 13.8 Å². The zero-order valence-electron chi connectivity index (χ0n) is 9.23. The van der Waals surface area contributed by atoms with Gasteiger partial charge in [0.15, 0.2) is 0 Å². The topological polar surface area (TPSA) is 63.4 Å². The third-order valence-electron chi connectivity index (χ3n) is 2.37. The van der Waals surface area contributed by atoms with Crippen molar-refractivity contribution in [3.8, 4) is 0 Å². The van der Waals surface area contributed by atoms with Crippen LogP contribution in [0.3, 0.4) is 0 Å². The Labute approximate surface area is 94.6 Å². The Balaban J connectivity index is 2.71. The van der Waals surface area contributed by atoms with Gasteiger partial charge in [-0.2, -0.15) is 0 Å². The van der Waals surface area contributed by atoms with Crippen LogP contribution in [0.4, 0.5) is 0 Å². The first kappa shape index (κ1) is 12.5. The highest BCUT2D eigenvalue weighted by atomic mass is 32.2. The molecule has 0 aromatic heterocycles. The number of carbonyl (C=O) groups is 2. The Hall–Kier alpha value is -0.550. The summed E-state index contributed by atoms with van der Waals surface area (Å²) in [5, 5.41) is 0. The third-order valence-corrected chi connectivity index (χ3v) is 3.27. The normalized spacial score (nSPS) is 19.9. The number of carbonyl (C=O) groups excluding carboxylic acids is 2. The van der Waals surface area contributed by atoms with Crippen molar-refractivity contribution in [2.75, 3.05) is 18.1 Å². The molecule has 0 radical (unpaired) electrons. The van der Waals surface area contributed by atoms with Gasteiger partial charge in [-0.25, -0.2) is 0 Å². The summed E-state index contributed by atoms with van der Waals surface area (Å²) in [6.07, 6.45) is 0.790. The first-order valence-electron chi connectivity index (χ1n) is 5.19. The second kappa shape index (κ2) is 5.51. The summed E-state index contributed by atoms with van der Waals surface area (Å²) in [7, 11) is 0. The van der Waals surface area contributed by atoms with E-state index in [0.717, 1.165) is 6.42 Å². The van der Waals surface area contributed by atoms with Gasteiger partial charge in [0, 0.05) is 6.54 Å². The van der Waals surface area contributed by atoms with E-state index < -0.39 is 0 Å². The van der Waals surface area contributed by atoms with Crippen LogP contribution in [0.25, 0.3) is 0 Å². The number of nitrogens with two attached hydrogens (primary N) is 1. The molecule has 1 aliphatic rings. The van der Waals surface area contributed by atoms with Crippen LogP contribution in [0, 0.1) is 5.92 Å². The van der Waals surface area contributed by atoms with Crippen LogP contribution in [0.2, 0.25) is 0 Å². The molecule has 1 aliphatic heterocycles. The number of thioether (sulfide) groups is 1. The van der Waals surface area contributed by atoms with Crippen LogP contribution in [0.15, 0.2) is 0 Å². The summed E-state index contributed by atoms with van der Waals surface area (Å²) >= 11 is 1.38. The summed E-state index contributed by atoms with van der Waals surface area (Å²) in [5.41, 5.74) is 5.62. The number of hydrogen-bond donors (Lipinski definition) is 1. The van der Waals surface area contributed by atoms with Crippen LogP contribution in [-0.2, 0) is 9.59 Å². The summed E-state index contributed by atoms with van der Waals surface area (Å²) in [5.74, 6) is 1.06. The molecule has 0 aliphatic carbocycles. The molecule has 2 N–H and O–H groups in total. The Morgan fingerprint density at radius 1 is 1.33 bits per heavy atom. The van der Waals surface area contributed by atoms with Crippen LogP contribution >= 0.6 is 11.8 Å². The van der Waals surface area contributed by atoms with Crippen molar-refractivity contribution in [2.24, 2.45) is 11.7 Å². The highest BCUT2D eigenvalue weighted by molar-refractivity contribution is 8.00. The largest absolute Gasteiger partial charge is 0.328 e. The van der Waals surface area contributed by atoms with E-state index in [1.807, 2.05) is 0 Å². The maximum atomic E-state index is 11.6. The molecule has 0 aromatic carbocycles. The molecule has 1 heterocycles. The molecule has 0 bridgehead atoms. The van der Waals surface area contributed by atoms with Crippen LogP contribution in [0.5, 0.6) is 0 Å². The van der Waals surface area contributed by atoms with E-state index in [-0.39, 0.29) is 17.9 Å². The maximum Gasteiger partial charge on any atom is 0.239 e. The standard InChI is InChI=1S/C10H18N2O2S/c1-7(2)3-8(4-11)12-9(13)5-15-6-10(12)14/h7-8H,3-6,11H2,1-2H3. The van der Waals surface area contributed by atoms with Gasteiger partial charge >= 0.3 is 0 Å². The molecule has 2 amide bonds. The predicted molar refractivity (Wildman–Crippen MR) is 61.5 cm³/mol. The fraction of sp³-hybridized carbons (Fsp3) is 0.800. The lowest BCUT2D eigenvalue weighted by molar-refractivity contribution is -0.145. The maximum absolute atomic E-state index is 11.6. The summed E-state index contributed by atoms with van der Waals surface area (Å²) < 4.78 is 0. The van der Waals surface area contributed by atoms with Crippen molar-refractivity contribution in [3.63, 3.8) is 0 Å². The van der Waals surface area contributed by atoms with Gasteiger partial charge in [-0.3, -0.25) is 14.5 Å². The summed E-state index contributed by atoms with van der Waals surface area (Å²) in [6, 6.07) is -0.120. The average Bonchev–Trinajstić information content (AvgIpc) is 2.15. The zero-order chi connectivity index (χ0) is 11.4. The monoisotopic (exact) mass is 230 g/mol. The van der Waals surface area contributed by atoms with Gasteiger partial charge < -0.3 is 5.73 Å². The average molecular weight is 230 g/mol. The number of rotatable bonds is 4. The molecule has 1 unspecified atom stereocenters. The molecule has 0 spiro atoms. The Morgan fingerprint density at radius 3 is 2.27 bits per heavy atom. The van der Waals surface area contributed by atoms with Gasteiger partial charge in [-0.05, 0) is 12.3 Å². The van der Waals surface area contributed by atoms with Gasteiger partial charge in [0.25, 0.3) is 0 Å². The van der Waals surface area contributed by atoms with Gasteiger partial charge in [0.1, 0.15) is 0 Å². The lowest BCUT2D eigenvalue weighted by Crippen LogP contribution is -2.52. The molecular formula is C10H18N2O2S. The van der Waals surface area contributed by atoms with Gasteiger partial charge in [-0.15, -0.1) is 11.8 Å². The Morgan fingerprint density at radius 2 is 1.87 bits per heavy atom. The predicted octanol–water partition coefficient (Wildman–Crippen LogP) is 0.462. The zero-order valence-corrected chi connectivity index (χ0v) is 10.0. The second-order valence-corrected chi connectivity index (χ2v) is 5.15. The highest BCUT2D eigenvalue weighted by Crippen LogP contribution is 2.18. The van der Waals surface area contributed by atoms with Crippen molar-refractivity contribution >= 4 is 23.6 Å². The molecule has 5 heteroatoms. The first-order valence-corrected chi connectivity index (χ1v) is 6.34. The van der Waals surface area contributed by atoms with E-state index in [2.05, 4.69) is 13.8 Å². The number of nitrogens with zero attached hydrogens (tertiary/aromatic N) is 1. The number of imide groups is 1. The molecule has 0 aromatic rings. The lowest BCUT2D eigenvalue weighted by Gasteiger charge is -2.32. The van der Waals surface area contributed by atoms with Gasteiger partial charge in [0.2, 0.25) is 11.8 Å². The minimum atomic E-state index is -0.120. The molecule has 0 saturated carbocycles. The minimum absolute atomic E-state index is 0.0904. The van der Waals surface area contributed by atoms with Crippen molar-refractivity contribution in [1.82, 2.24) is 4.90 Å². The minimum Gasteiger partial charge on any atom is -0.328 e. The van der Waals surface area contributed by atoms with Crippen molar-refractivity contribution < 1.29 is 9.59 Å². The molecule has 86 valence electrons. The smallest absolute Gasteiger partial charge is 0.239 e. The fourth-order valence-corrected chi connectivity index (χ4v) is 2.49. The summed E-state index contributed by atoms with van der Waals surface area (Å²) in [4.78, 5) is 24.6. The molecule has 1 atom stereocenters. The number of hydrogen-bond acceptors (Lipinski definition) is 4. The highest BCUT2D eigenvalue weighted by Gasteiger charge is 2.32. The Kier molecular flexibility index (Phi) is 4.60. The van der Waals surface area contributed by atoms with Crippen LogP contribution in [-0.4, -0.2) is 40.8 Å². The van der Waals surface area contributed by atoms with E-state index in [0.29, 0.717) is 24.0 Å². The first-order chi connectivity index (χ1) is 7.06. The molecular weight excluding hydrogens is 212 g/mol. The quantitative estimate of drug-likeness (QED) is 0.713. The van der Waals surface area contributed by atoms with Crippen LogP contribution < -0.4 is 5.73 Å². The van der Waals surface area contributed by atoms with E-state index in [4.69, 9.17) is 5.73 Å². The van der Waals surface area contributed by atoms with E-state index in [1.54, 1.807) is 0 Å². The lowest BCUT2D eigenvalue weighted by atomic mass is 10.0. The third kappa shape index (κ3) is 3.21. The van der Waals surface area contributed by atoms with Crippen LogP contribution in [0.1, 0.15) is 20.3 Å². The number of amides is 2. The van der Waals surface area contributed by atoms with Crippen molar-refractivity contribution in [1.29, 1.82) is 0 Å². The van der Waals surface area contributed by atoms with Gasteiger partial charge in [0.05, 0.1) is 17.5 Å². The second-order valence-electron chi connectivity index (χ2n) is 4.17. The molecule has 1 fully saturated rings. The van der Waals surface area contributed by atoms with E-state index in [1.165, 1.54) is 16.7 Å². The molecule has 1 saturated heterocycles. The SMILES string of the molecule is CC(C)CC(CN)N1C(=O)CSCC1=O.